The van der Waals surface area contributed by atoms with E-state index in [9.17, 15) is 18.0 Å². The van der Waals surface area contributed by atoms with Gasteiger partial charge in [0.15, 0.2) is 0 Å². The van der Waals surface area contributed by atoms with Gasteiger partial charge in [0.05, 0.1) is 12.1 Å². The number of nitrogens with zero attached hydrogens (tertiary/aromatic N) is 2. The molecule has 0 saturated carbocycles. The lowest BCUT2D eigenvalue weighted by atomic mass is 10.2. The highest BCUT2D eigenvalue weighted by Crippen LogP contribution is 2.29. The zero-order valence-corrected chi connectivity index (χ0v) is 13.8. The highest BCUT2D eigenvalue weighted by atomic mass is 19.4. The van der Waals surface area contributed by atoms with Crippen molar-refractivity contribution in [1.29, 1.82) is 0 Å². The van der Waals surface area contributed by atoms with Crippen LogP contribution in [0.1, 0.15) is 25.1 Å². The number of alkyl halides is 3. The monoisotopic (exact) mass is 339 g/mol. The standard InChI is InChI=1S/C17H20F3N3O/c1-12(2)23(11-15-5-4-10-22(15)3)16(24)21-14-8-6-13(7-9-14)17(18,19)20/h4-10,12H,11H2,1-3H3,(H,21,24). The van der Waals surface area contributed by atoms with Crippen LogP contribution in [0.25, 0.3) is 0 Å². The Morgan fingerprint density at radius 1 is 1.21 bits per heavy atom. The maximum atomic E-state index is 12.6. The molecule has 2 amide bonds. The van der Waals surface area contributed by atoms with Gasteiger partial charge in [-0.05, 0) is 50.2 Å². The Morgan fingerprint density at radius 2 is 1.83 bits per heavy atom. The summed E-state index contributed by atoms with van der Waals surface area (Å²) in [5.41, 5.74) is 0.543. The van der Waals surface area contributed by atoms with Gasteiger partial charge in [-0.25, -0.2) is 4.79 Å². The molecule has 0 radical (unpaired) electrons. The first-order valence-electron chi connectivity index (χ1n) is 7.53. The smallest absolute Gasteiger partial charge is 0.353 e. The molecule has 1 aromatic heterocycles. The van der Waals surface area contributed by atoms with Crippen molar-refractivity contribution in [1.82, 2.24) is 9.47 Å². The van der Waals surface area contributed by atoms with Crippen LogP contribution in [0.4, 0.5) is 23.7 Å². The summed E-state index contributed by atoms with van der Waals surface area (Å²) >= 11 is 0. The van der Waals surface area contributed by atoms with E-state index in [0.717, 1.165) is 17.8 Å². The van der Waals surface area contributed by atoms with E-state index in [1.54, 1.807) is 4.90 Å². The molecule has 4 nitrogen and oxygen atoms in total. The lowest BCUT2D eigenvalue weighted by Gasteiger charge is -2.27. The first-order chi connectivity index (χ1) is 11.2. The zero-order chi connectivity index (χ0) is 17.9. The maximum absolute atomic E-state index is 12.6. The second kappa shape index (κ2) is 6.98. The number of benzene rings is 1. The number of nitrogens with one attached hydrogen (secondary N) is 1. The van der Waals surface area contributed by atoms with Crippen LogP contribution in [0.3, 0.4) is 0 Å². The van der Waals surface area contributed by atoms with Gasteiger partial charge in [0.25, 0.3) is 0 Å². The number of halogens is 3. The molecular formula is C17H20F3N3O. The third-order valence-electron chi connectivity index (χ3n) is 3.73. The van der Waals surface area contributed by atoms with E-state index in [4.69, 9.17) is 0 Å². The van der Waals surface area contributed by atoms with Gasteiger partial charge >= 0.3 is 12.2 Å². The van der Waals surface area contributed by atoms with E-state index in [1.807, 2.05) is 43.8 Å². The first-order valence-corrected chi connectivity index (χ1v) is 7.53. The van der Waals surface area contributed by atoms with Gasteiger partial charge < -0.3 is 14.8 Å². The third-order valence-corrected chi connectivity index (χ3v) is 3.73. The zero-order valence-electron chi connectivity index (χ0n) is 13.8. The molecule has 0 aliphatic heterocycles. The van der Waals surface area contributed by atoms with Crippen molar-refractivity contribution in [3.8, 4) is 0 Å². The molecular weight excluding hydrogens is 319 g/mol. The largest absolute Gasteiger partial charge is 0.416 e. The summed E-state index contributed by atoms with van der Waals surface area (Å²) in [5, 5.41) is 2.64. The molecule has 0 atom stereocenters. The molecule has 7 heteroatoms. The van der Waals surface area contributed by atoms with Crippen LogP contribution in [-0.2, 0) is 19.8 Å². The third kappa shape index (κ3) is 4.31. The number of rotatable bonds is 4. The van der Waals surface area contributed by atoms with Gasteiger partial charge in [-0.1, -0.05) is 0 Å². The number of carbonyl (C=O) groups excluding carboxylic acids is 1. The molecule has 0 spiro atoms. The Morgan fingerprint density at radius 3 is 2.29 bits per heavy atom. The molecule has 0 unspecified atom stereocenters. The van der Waals surface area contributed by atoms with Crippen molar-refractivity contribution in [2.24, 2.45) is 7.05 Å². The number of hydrogen-bond donors (Lipinski definition) is 1. The number of urea groups is 1. The minimum atomic E-state index is -4.39. The molecule has 1 aromatic carbocycles. The van der Waals surface area contributed by atoms with Crippen LogP contribution < -0.4 is 5.32 Å². The molecule has 0 saturated heterocycles. The number of carbonyl (C=O) groups is 1. The van der Waals surface area contributed by atoms with E-state index in [0.29, 0.717) is 12.2 Å². The second-order valence-corrected chi connectivity index (χ2v) is 5.84. The molecule has 130 valence electrons. The normalized spacial score (nSPS) is 11.6. The fourth-order valence-electron chi connectivity index (χ4n) is 2.26. The van der Waals surface area contributed by atoms with E-state index in [1.165, 1.54) is 12.1 Å². The fraction of sp³-hybridized carbons (Fsp3) is 0.353. The first kappa shape index (κ1) is 17.9. The van der Waals surface area contributed by atoms with Crippen molar-refractivity contribution in [3.63, 3.8) is 0 Å². The summed E-state index contributed by atoms with van der Waals surface area (Å²) < 4.78 is 39.6. The Bertz CT molecular complexity index is 690. The highest BCUT2D eigenvalue weighted by Gasteiger charge is 2.30. The van der Waals surface area contributed by atoms with Gasteiger partial charge in [-0.3, -0.25) is 0 Å². The van der Waals surface area contributed by atoms with Crippen molar-refractivity contribution < 1.29 is 18.0 Å². The molecule has 0 fully saturated rings. The summed E-state index contributed by atoms with van der Waals surface area (Å²) in [7, 11) is 1.89. The van der Waals surface area contributed by atoms with Crippen LogP contribution in [-0.4, -0.2) is 21.5 Å². The van der Waals surface area contributed by atoms with Crippen molar-refractivity contribution in [2.75, 3.05) is 5.32 Å². The van der Waals surface area contributed by atoms with Crippen LogP contribution in [0.5, 0.6) is 0 Å². The van der Waals surface area contributed by atoms with Crippen LogP contribution in [0, 0.1) is 0 Å². The Balaban J connectivity index is 2.09. The van der Waals surface area contributed by atoms with E-state index in [2.05, 4.69) is 5.32 Å². The van der Waals surface area contributed by atoms with Gasteiger partial charge in [0, 0.05) is 30.7 Å². The maximum Gasteiger partial charge on any atom is 0.416 e. The quantitative estimate of drug-likeness (QED) is 0.876. The topological polar surface area (TPSA) is 37.3 Å². The summed E-state index contributed by atoms with van der Waals surface area (Å²) in [6.45, 7) is 4.18. The van der Waals surface area contributed by atoms with Gasteiger partial charge in [-0.2, -0.15) is 13.2 Å². The molecule has 2 aromatic rings. The molecule has 0 aliphatic rings. The van der Waals surface area contributed by atoms with Crippen molar-refractivity contribution in [3.05, 3.63) is 53.9 Å². The van der Waals surface area contributed by atoms with Crippen molar-refractivity contribution in [2.45, 2.75) is 32.6 Å². The van der Waals surface area contributed by atoms with E-state index in [-0.39, 0.29) is 12.1 Å². The molecule has 1 heterocycles. The number of aromatic nitrogens is 1. The number of hydrogen-bond acceptors (Lipinski definition) is 1. The minimum absolute atomic E-state index is 0.0608. The molecule has 1 N–H and O–H groups in total. The number of amides is 2. The highest BCUT2D eigenvalue weighted by molar-refractivity contribution is 5.89. The Labute approximate surface area is 138 Å². The SMILES string of the molecule is CC(C)N(Cc1cccn1C)C(=O)Nc1ccc(C(F)(F)F)cc1. The van der Waals surface area contributed by atoms with Gasteiger partial charge in [-0.15, -0.1) is 0 Å². The Kier molecular flexibility index (Phi) is 5.21. The number of aryl methyl sites for hydroxylation is 1. The van der Waals surface area contributed by atoms with Crippen LogP contribution in [0.15, 0.2) is 42.6 Å². The predicted molar refractivity (Wildman–Crippen MR) is 86.6 cm³/mol. The average Bonchev–Trinajstić information content (AvgIpc) is 2.89. The fourth-order valence-corrected chi connectivity index (χ4v) is 2.26. The molecule has 0 bridgehead atoms. The minimum Gasteiger partial charge on any atom is -0.353 e. The molecule has 24 heavy (non-hydrogen) atoms. The summed E-state index contributed by atoms with van der Waals surface area (Å²) in [4.78, 5) is 14.1. The van der Waals surface area contributed by atoms with E-state index < -0.39 is 11.7 Å². The number of anilines is 1. The van der Waals surface area contributed by atoms with Crippen LogP contribution >= 0.6 is 0 Å². The summed E-state index contributed by atoms with van der Waals surface area (Å²) in [6, 6.07) is 7.80. The van der Waals surface area contributed by atoms with Gasteiger partial charge in [0.1, 0.15) is 0 Å². The Hall–Kier alpha value is -2.44. The summed E-state index contributed by atoms with van der Waals surface area (Å²) in [5.74, 6) is 0. The van der Waals surface area contributed by atoms with E-state index >= 15 is 0 Å². The second-order valence-electron chi connectivity index (χ2n) is 5.84. The molecule has 0 aliphatic carbocycles. The summed E-state index contributed by atoms with van der Waals surface area (Å²) in [6.07, 6.45) is -2.50. The van der Waals surface area contributed by atoms with Crippen LogP contribution in [0.2, 0.25) is 0 Å². The van der Waals surface area contributed by atoms with Gasteiger partial charge in [0.2, 0.25) is 0 Å². The lowest BCUT2D eigenvalue weighted by molar-refractivity contribution is -0.137. The van der Waals surface area contributed by atoms with Crippen molar-refractivity contribution >= 4 is 11.7 Å². The average molecular weight is 339 g/mol. The molecule has 2 rings (SSSR count). The lowest BCUT2D eigenvalue weighted by Crippen LogP contribution is -2.39. The predicted octanol–water partition coefficient (Wildman–Crippen LogP) is 4.49.